The highest BCUT2D eigenvalue weighted by Gasteiger charge is 2.27. The lowest BCUT2D eigenvalue weighted by molar-refractivity contribution is -0.124. The third-order valence-corrected chi connectivity index (χ3v) is 3.05. The van der Waals surface area contributed by atoms with Crippen LogP contribution in [-0.2, 0) is 9.53 Å². The van der Waals surface area contributed by atoms with E-state index in [0.29, 0.717) is 18.1 Å². The number of amides is 1. The fraction of sp³-hybridized carbons (Fsp3) is 0.857. The van der Waals surface area contributed by atoms with Crippen LogP contribution in [0, 0.1) is 11.8 Å². The number of hydrogen-bond acceptors (Lipinski definition) is 4. The Morgan fingerprint density at radius 2 is 1.74 bits per heavy atom. The Hall–Kier alpha value is -0.710. The number of nitrogens with one attached hydrogen (secondary N) is 1. The van der Waals surface area contributed by atoms with Gasteiger partial charge in [-0.05, 0) is 38.9 Å². The van der Waals surface area contributed by atoms with E-state index < -0.39 is 17.7 Å². The second-order valence-electron chi connectivity index (χ2n) is 6.31. The lowest BCUT2D eigenvalue weighted by Crippen LogP contribution is -2.46. The lowest BCUT2D eigenvalue weighted by atomic mass is 9.94. The van der Waals surface area contributed by atoms with Gasteiger partial charge in [-0.2, -0.15) is 12.6 Å². The van der Waals surface area contributed by atoms with Gasteiger partial charge in [0, 0.05) is 5.92 Å². The molecule has 5 heteroatoms. The van der Waals surface area contributed by atoms with Gasteiger partial charge in [0.05, 0.1) is 6.04 Å². The summed E-state index contributed by atoms with van der Waals surface area (Å²) >= 11 is 4.13. The maximum absolute atomic E-state index is 12.2. The molecule has 0 heterocycles. The lowest BCUT2D eigenvalue weighted by Gasteiger charge is -2.25. The van der Waals surface area contributed by atoms with E-state index in [1.54, 1.807) is 20.8 Å². The van der Waals surface area contributed by atoms with Gasteiger partial charge in [0.1, 0.15) is 5.60 Å². The molecule has 0 saturated carbocycles. The normalized spacial score (nSPS) is 14.9. The van der Waals surface area contributed by atoms with Crippen LogP contribution in [0.1, 0.15) is 48.0 Å². The maximum atomic E-state index is 12.2. The summed E-state index contributed by atoms with van der Waals surface area (Å²) in [7, 11) is 0. The summed E-state index contributed by atoms with van der Waals surface area (Å²) in [6.07, 6.45) is 0.0637. The van der Waals surface area contributed by atoms with E-state index in [4.69, 9.17) is 4.74 Å². The molecule has 4 nitrogen and oxygen atoms in total. The van der Waals surface area contributed by atoms with Crippen LogP contribution in [0.2, 0.25) is 0 Å². The third-order valence-electron chi connectivity index (χ3n) is 2.50. The van der Waals surface area contributed by atoms with Crippen LogP contribution in [0.4, 0.5) is 4.79 Å². The van der Waals surface area contributed by atoms with Gasteiger partial charge in [-0.1, -0.05) is 20.8 Å². The molecule has 2 atom stereocenters. The van der Waals surface area contributed by atoms with E-state index in [9.17, 15) is 9.59 Å². The van der Waals surface area contributed by atoms with Crippen molar-refractivity contribution in [3.05, 3.63) is 0 Å². The number of thiol groups is 1. The second kappa shape index (κ2) is 7.78. The van der Waals surface area contributed by atoms with E-state index in [-0.39, 0.29) is 11.7 Å². The van der Waals surface area contributed by atoms with Crippen molar-refractivity contribution < 1.29 is 14.3 Å². The van der Waals surface area contributed by atoms with Crippen LogP contribution in [-0.4, -0.2) is 29.3 Å². The summed E-state index contributed by atoms with van der Waals surface area (Å²) in [6.45, 7) is 11.2. The summed E-state index contributed by atoms with van der Waals surface area (Å²) in [5, 5.41) is 2.68. The first-order valence-electron chi connectivity index (χ1n) is 6.71. The number of hydrogen-bond donors (Lipinski definition) is 2. The smallest absolute Gasteiger partial charge is 0.408 e. The molecular formula is C14H27NO3S. The summed E-state index contributed by atoms with van der Waals surface area (Å²) in [5.41, 5.74) is -0.565. The summed E-state index contributed by atoms with van der Waals surface area (Å²) in [5.74, 6) is 0.622. The SMILES string of the molecule is CC(C)CC(NC(=O)OC(C)(C)C)C(=O)C(C)CS. The number of carbonyl (C=O) groups excluding carboxylic acids is 2. The van der Waals surface area contributed by atoms with E-state index in [2.05, 4.69) is 17.9 Å². The molecule has 0 spiro atoms. The Labute approximate surface area is 122 Å². The van der Waals surface area contributed by atoms with Gasteiger partial charge in [-0.3, -0.25) is 4.79 Å². The zero-order chi connectivity index (χ0) is 15.2. The van der Waals surface area contributed by atoms with Gasteiger partial charge in [-0.15, -0.1) is 0 Å². The average Bonchev–Trinajstić information content (AvgIpc) is 2.22. The molecule has 0 aliphatic carbocycles. The van der Waals surface area contributed by atoms with Crippen molar-refractivity contribution in [1.82, 2.24) is 5.32 Å². The molecule has 0 bridgehead atoms. The molecular weight excluding hydrogens is 262 g/mol. The molecule has 1 amide bonds. The topological polar surface area (TPSA) is 55.4 Å². The molecule has 0 aliphatic heterocycles. The Bertz CT molecular complexity index is 310. The first-order valence-corrected chi connectivity index (χ1v) is 7.34. The molecule has 1 N–H and O–H groups in total. The minimum Gasteiger partial charge on any atom is -0.444 e. The Balaban J connectivity index is 4.69. The number of alkyl carbamates (subject to hydrolysis) is 1. The first kappa shape index (κ1) is 18.3. The molecule has 0 saturated heterocycles. The van der Waals surface area contributed by atoms with Crippen molar-refractivity contribution in [2.75, 3.05) is 5.75 Å². The fourth-order valence-corrected chi connectivity index (χ4v) is 1.78. The van der Waals surface area contributed by atoms with Crippen molar-refractivity contribution in [1.29, 1.82) is 0 Å². The van der Waals surface area contributed by atoms with E-state index in [1.807, 2.05) is 20.8 Å². The van der Waals surface area contributed by atoms with Gasteiger partial charge in [-0.25, -0.2) is 4.79 Å². The fourth-order valence-electron chi connectivity index (χ4n) is 1.60. The molecule has 19 heavy (non-hydrogen) atoms. The van der Waals surface area contributed by atoms with Crippen LogP contribution in [0.25, 0.3) is 0 Å². The van der Waals surface area contributed by atoms with Gasteiger partial charge < -0.3 is 10.1 Å². The molecule has 0 radical (unpaired) electrons. The van der Waals surface area contributed by atoms with Crippen LogP contribution in [0.3, 0.4) is 0 Å². The van der Waals surface area contributed by atoms with Crippen molar-refractivity contribution in [3.63, 3.8) is 0 Å². The standard InChI is InChI=1S/C14H27NO3S/c1-9(2)7-11(12(16)10(3)8-19)15-13(17)18-14(4,5)6/h9-11,19H,7-8H2,1-6H3,(H,15,17). The second-order valence-corrected chi connectivity index (χ2v) is 6.68. The summed E-state index contributed by atoms with van der Waals surface area (Å²) in [6, 6.07) is -0.503. The summed E-state index contributed by atoms with van der Waals surface area (Å²) < 4.78 is 5.19. The van der Waals surface area contributed by atoms with E-state index in [0.717, 1.165) is 0 Å². The zero-order valence-corrected chi connectivity index (χ0v) is 13.7. The van der Waals surface area contributed by atoms with Crippen molar-refractivity contribution >= 4 is 24.5 Å². The predicted octanol–water partition coefficient (Wildman–Crippen LogP) is 3.06. The van der Waals surface area contributed by atoms with Crippen molar-refractivity contribution in [3.8, 4) is 0 Å². The first-order chi connectivity index (χ1) is 8.56. The third kappa shape index (κ3) is 8.14. The average molecular weight is 289 g/mol. The number of ketones is 1. The van der Waals surface area contributed by atoms with Crippen molar-refractivity contribution in [2.24, 2.45) is 11.8 Å². The molecule has 0 aromatic carbocycles. The van der Waals surface area contributed by atoms with Crippen LogP contribution >= 0.6 is 12.6 Å². The number of ether oxygens (including phenoxy) is 1. The van der Waals surface area contributed by atoms with Gasteiger partial charge >= 0.3 is 6.09 Å². The Morgan fingerprint density at radius 1 is 1.21 bits per heavy atom. The summed E-state index contributed by atoms with van der Waals surface area (Å²) in [4.78, 5) is 24.0. The molecule has 0 aromatic rings. The highest BCUT2D eigenvalue weighted by molar-refractivity contribution is 7.80. The predicted molar refractivity (Wildman–Crippen MR) is 80.6 cm³/mol. The largest absolute Gasteiger partial charge is 0.444 e. The molecule has 112 valence electrons. The molecule has 2 unspecified atom stereocenters. The maximum Gasteiger partial charge on any atom is 0.408 e. The molecule has 0 fully saturated rings. The Morgan fingerprint density at radius 3 is 2.11 bits per heavy atom. The van der Waals surface area contributed by atoms with Crippen LogP contribution in [0.15, 0.2) is 0 Å². The number of carbonyl (C=O) groups is 2. The number of rotatable bonds is 6. The van der Waals surface area contributed by atoms with Gasteiger partial charge in [0.25, 0.3) is 0 Å². The quantitative estimate of drug-likeness (QED) is 0.739. The molecule has 0 rings (SSSR count). The zero-order valence-electron chi connectivity index (χ0n) is 12.8. The van der Waals surface area contributed by atoms with Gasteiger partial charge in [0.15, 0.2) is 5.78 Å². The van der Waals surface area contributed by atoms with Crippen molar-refractivity contribution in [2.45, 2.75) is 59.6 Å². The number of Topliss-reactive ketones (excluding diaryl/α,β-unsaturated/α-hetero) is 1. The van der Waals surface area contributed by atoms with Gasteiger partial charge in [0.2, 0.25) is 0 Å². The van der Waals surface area contributed by atoms with Crippen LogP contribution in [0.5, 0.6) is 0 Å². The highest BCUT2D eigenvalue weighted by Crippen LogP contribution is 2.13. The minimum absolute atomic E-state index is 0.00885. The van der Waals surface area contributed by atoms with Crippen LogP contribution < -0.4 is 5.32 Å². The molecule has 0 aliphatic rings. The van der Waals surface area contributed by atoms with E-state index in [1.165, 1.54) is 0 Å². The minimum atomic E-state index is -0.565. The Kier molecular flexibility index (Phi) is 7.49. The highest BCUT2D eigenvalue weighted by atomic mass is 32.1. The molecule has 0 aromatic heterocycles. The van der Waals surface area contributed by atoms with E-state index >= 15 is 0 Å². The monoisotopic (exact) mass is 289 g/mol.